The van der Waals surface area contributed by atoms with Crippen LogP contribution < -0.4 is 0 Å². The van der Waals surface area contributed by atoms with Gasteiger partial charge in [-0.1, -0.05) is 129 Å². The van der Waals surface area contributed by atoms with E-state index < -0.39 is 0 Å². The van der Waals surface area contributed by atoms with E-state index in [-0.39, 0.29) is 5.41 Å². The SMILES string of the molecule is CC1(C)c2cc(-c3cccc(-c4cc(-c5ccccc5)nc(-c5ccccc5)n4)c3)ccc2-c2ccc3c(oc4ccccc43)c21. The van der Waals surface area contributed by atoms with E-state index in [4.69, 9.17) is 14.4 Å². The second-order valence-corrected chi connectivity index (χ2v) is 12.6. The van der Waals surface area contributed by atoms with Gasteiger partial charge >= 0.3 is 0 Å². The van der Waals surface area contributed by atoms with Gasteiger partial charge in [0.25, 0.3) is 0 Å². The van der Waals surface area contributed by atoms with E-state index in [0.29, 0.717) is 0 Å². The first-order valence-corrected chi connectivity index (χ1v) is 15.7. The van der Waals surface area contributed by atoms with Gasteiger partial charge in [0, 0.05) is 38.4 Å². The molecule has 0 aliphatic heterocycles. The zero-order valence-electron chi connectivity index (χ0n) is 25.7. The summed E-state index contributed by atoms with van der Waals surface area (Å²) in [6, 6.07) is 51.1. The van der Waals surface area contributed by atoms with Gasteiger partial charge < -0.3 is 4.42 Å². The zero-order chi connectivity index (χ0) is 30.8. The molecule has 218 valence electrons. The van der Waals surface area contributed by atoms with Crippen molar-refractivity contribution in [2.24, 2.45) is 0 Å². The molecule has 0 spiro atoms. The molecule has 0 saturated heterocycles. The molecule has 0 fully saturated rings. The van der Waals surface area contributed by atoms with E-state index in [9.17, 15) is 0 Å². The van der Waals surface area contributed by atoms with Crippen molar-refractivity contribution in [3.8, 4) is 56.2 Å². The normalized spacial score (nSPS) is 13.2. The Labute approximate surface area is 267 Å². The Morgan fingerprint density at radius 3 is 1.91 bits per heavy atom. The number of hydrogen-bond acceptors (Lipinski definition) is 3. The third-order valence-corrected chi connectivity index (χ3v) is 9.47. The highest BCUT2D eigenvalue weighted by atomic mass is 16.3. The number of hydrogen-bond donors (Lipinski definition) is 0. The Morgan fingerprint density at radius 2 is 1.11 bits per heavy atom. The Kier molecular flexibility index (Phi) is 5.85. The molecule has 0 amide bonds. The molecule has 46 heavy (non-hydrogen) atoms. The van der Waals surface area contributed by atoms with Gasteiger partial charge in [-0.2, -0.15) is 0 Å². The summed E-state index contributed by atoms with van der Waals surface area (Å²) >= 11 is 0. The van der Waals surface area contributed by atoms with Crippen LogP contribution in [-0.2, 0) is 5.41 Å². The maximum Gasteiger partial charge on any atom is 0.160 e. The highest BCUT2D eigenvalue weighted by Gasteiger charge is 2.38. The minimum Gasteiger partial charge on any atom is -0.456 e. The van der Waals surface area contributed by atoms with E-state index in [1.165, 1.54) is 38.6 Å². The topological polar surface area (TPSA) is 38.9 Å². The third-order valence-electron chi connectivity index (χ3n) is 9.47. The Hall–Kier alpha value is -5.80. The van der Waals surface area contributed by atoms with Crippen LogP contribution in [0, 0.1) is 0 Å². The molecule has 6 aromatic carbocycles. The number of aromatic nitrogens is 2. The highest BCUT2D eigenvalue weighted by Crippen LogP contribution is 2.53. The monoisotopic (exact) mass is 590 g/mol. The van der Waals surface area contributed by atoms with E-state index in [1.54, 1.807) is 0 Å². The van der Waals surface area contributed by atoms with Crippen molar-refractivity contribution in [1.82, 2.24) is 9.97 Å². The first-order valence-electron chi connectivity index (χ1n) is 15.7. The summed E-state index contributed by atoms with van der Waals surface area (Å²) in [7, 11) is 0. The second kappa shape index (κ2) is 10.1. The van der Waals surface area contributed by atoms with E-state index in [2.05, 4.69) is 117 Å². The average molecular weight is 591 g/mol. The van der Waals surface area contributed by atoms with Crippen LogP contribution in [-0.4, -0.2) is 9.97 Å². The maximum absolute atomic E-state index is 6.51. The lowest BCUT2D eigenvalue weighted by atomic mass is 9.81. The predicted molar refractivity (Wildman–Crippen MR) is 189 cm³/mol. The number of benzene rings is 6. The highest BCUT2D eigenvalue weighted by molar-refractivity contribution is 6.09. The number of para-hydroxylation sites is 1. The molecule has 3 heteroatoms. The van der Waals surface area contributed by atoms with Gasteiger partial charge in [0.05, 0.1) is 11.4 Å². The molecule has 3 nitrogen and oxygen atoms in total. The van der Waals surface area contributed by atoms with Gasteiger partial charge in [0.1, 0.15) is 11.2 Å². The van der Waals surface area contributed by atoms with E-state index >= 15 is 0 Å². The third kappa shape index (κ3) is 4.13. The van der Waals surface area contributed by atoms with Crippen molar-refractivity contribution in [1.29, 1.82) is 0 Å². The Morgan fingerprint density at radius 1 is 0.478 bits per heavy atom. The van der Waals surface area contributed by atoms with Crippen molar-refractivity contribution < 1.29 is 4.42 Å². The van der Waals surface area contributed by atoms with Crippen LogP contribution in [0.15, 0.2) is 150 Å². The summed E-state index contributed by atoms with van der Waals surface area (Å²) in [4.78, 5) is 10.0. The van der Waals surface area contributed by atoms with Crippen LogP contribution in [0.2, 0.25) is 0 Å². The fourth-order valence-corrected chi connectivity index (χ4v) is 7.17. The number of rotatable bonds is 4. The maximum atomic E-state index is 6.51. The zero-order valence-corrected chi connectivity index (χ0v) is 25.7. The molecule has 2 aromatic heterocycles. The first kappa shape index (κ1) is 26.6. The van der Waals surface area contributed by atoms with Crippen molar-refractivity contribution in [3.63, 3.8) is 0 Å². The number of nitrogens with zero attached hydrogens (tertiary/aromatic N) is 2. The van der Waals surface area contributed by atoms with Gasteiger partial charge in [0.2, 0.25) is 0 Å². The number of furan rings is 1. The Balaban J connectivity index is 1.15. The van der Waals surface area contributed by atoms with Gasteiger partial charge in [-0.15, -0.1) is 0 Å². The largest absolute Gasteiger partial charge is 0.456 e. The molecule has 0 atom stereocenters. The quantitative estimate of drug-likeness (QED) is 0.205. The van der Waals surface area contributed by atoms with Crippen LogP contribution in [0.5, 0.6) is 0 Å². The van der Waals surface area contributed by atoms with Gasteiger partial charge in [-0.3, -0.25) is 0 Å². The van der Waals surface area contributed by atoms with Crippen LogP contribution in [0.4, 0.5) is 0 Å². The summed E-state index contributed by atoms with van der Waals surface area (Å²) in [6.45, 7) is 4.64. The van der Waals surface area contributed by atoms with Crippen molar-refractivity contribution in [2.45, 2.75) is 19.3 Å². The Bertz CT molecular complexity index is 2380. The fraction of sp³-hybridized carbons (Fsp3) is 0.0698. The lowest BCUT2D eigenvalue weighted by Crippen LogP contribution is -2.15. The van der Waals surface area contributed by atoms with Gasteiger partial charge in [-0.05, 0) is 58.1 Å². The summed E-state index contributed by atoms with van der Waals surface area (Å²) < 4.78 is 6.51. The number of fused-ring (bicyclic) bond motifs is 7. The molecule has 1 aliphatic carbocycles. The van der Waals surface area contributed by atoms with Crippen LogP contribution in [0.25, 0.3) is 78.1 Å². The molecular formula is C43H30N2O. The molecule has 0 saturated carbocycles. The van der Waals surface area contributed by atoms with E-state index in [1.807, 2.05) is 42.5 Å². The predicted octanol–water partition coefficient (Wildman–Crippen LogP) is 11.4. The summed E-state index contributed by atoms with van der Waals surface area (Å²) in [5, 5.41) is 2.35. The van der Waals surface area contributed by atoms with Crippen LogP contribution in [0.3, 0.4) is 0 Å². The molecule has 9 rings (SSSR count). The fourth-order valence-electron chi connectivity index (χ4n) is 7.17. The average Bonchev–Trinajstić information content (AvgIpc) is 3.60. The summed E-state index contributed by atoms with van der Waals surface area (Å²) in [5.74, 6) is 0.719. The molecule has 0 unspecified atom stereocenters. The van der Waals surface area contributed by atoms with Gasteiger partial charge in [-0.25, -0.2) is 9.97 Å². The minimum absolute atomic E-state index is 0.215. The molecule has 0 N–H and O–H groups in total. The molecule has 8 aromatic rings. The van der Waals surface area contributed by atoms with Crippen molar-refractivity contribution >= 4 is 21.9 Å². The summed E-state index contributed by atoms with van der Waals surface area (Å²) in [6.07, 6.45) is 0. The minimum atomic E-state index is -0.215. The first-order chi connectivity index (χ1) is 22.5. The van der Waals surface area contributed by atoms with Crippen molar-refractivity contribution in [2.75, 3.05) is 0 Å². The van der Waals surface area contributed by atoms with Gasteiger partial charge in [0.15, 0.2) is 5.82 Å². The molecule has 2 heterocycles. The van der Waals surface area contributed by atoms with Crippen LogP contribution >= 0.6 is 0 Å². The smallest absolute Gasteiger partial charge is 0.160 e. The lowest BCUT2D eigenvalue weighted by molar-refractivity contribution is 0.620. The standard InChI is InChI=1S/C43H30N2O/c1-43(2)36-25-30(20-21-32(36)34-22-23-35-33-18-9-10-19-39(33)46-41(35)40(34)43)29-16-11-17-31(24-29)38-26-37(27-12-5-3-6-13-27)44-42(45-38)28-14-7-4-8-15-28/h3-26H,1-2H3. The van der Waals surface area contributed by atoms with Crippen LogP contribution in [0.1, 0.15) is 25.0 Å². The van der Waals surface area contributed by atoms with E-state index in [0.717, 1.165) is 50.6 Å². The van der Waals surface area contributed by atoms with Crippen molar-refractivity contribution in [3.05, 3.63) is 157 Å². The molecule has 1 aliphatic rings. The molecule has 0 bridgehead atoms. The molecular weight excluding hydrogens is 560 g/mol. The molecule has 0 radical (unpaired) electrons. The second-order valence-electron chi connectivity index (χ2n) is 12.6. The lowest BCUT2D eigenvalue weighted by Gasteiger charge is -2.22. The summed E-state index contributed by atoms with van der Waals surface area (Å²) in [5.41, 5.74) is 14.1.